The van der Waals surface area contributed by atoms with Gasteiger partial charge in [-0.2, -0.15) is 0 Å². The van der Waals surface area contributed by atoms with Crippen LogP contribution >= 0.6 is 0 Å². The lowest BCUT2D eigenvalue weighted by molar-refractivity contribution is -0.119. The van der Waals surface area contributed by atoms with Gasteiger partial charge in [0, 0.05) is 38.4 Å². The van der Waals surface area contributed by atoms with Gasteiger partial charge in [-0.25, -0.2) is 0 Å². The van der Waals surface area contributed by atoms with Crippen LogP contribution in [0.3, 0.4) is 0 Å². The number of rotatable bonds is 6. The summed E-state index contributed by atoms with van der Waals surface area (Å²) in [6, 6.07) is 8.22. The number of fused-ring (bicyclic) bond motifs is 1. The van der Waals surface area contributed by atoms with Gasteiger partial charge in [-0.1, -0.05) is 18.2 Å². The normalized spacial score (nSPS) is 18.5. The molecule has 1 amide bonds. The van der Waals surface area contributed by atoms with Crippen molar-refractivity contribution in [3.63, 3.8) is 0 Å². The number of hydrogen-bond donors (Lipinski definition) is 1. The summed E-state index contributed by atoms with van der Waals surface area (Å²) in [6.07, 6.45) is 1.50. The second-order valence-corrected chi connectivity index (χ2v) is 4.77. The molecule has 0 aliphatic carbocycles. The zero-order valence-corrected chi connectivity index (χ0v) is 11.7. The van der Waals surface area contributed by atoms with Crippen LogP contribution in [0.2, 0.25) is 0 Å². The highest BCUT2D eigenvalue weighted by molar-refractivity contribution is 5.96. The second kappa shape index (κ2) is 6.68. The Hall–Kier alpha value is -1.39. The van der Waals surface area contributed by atoms with E-state index >= 15 is 0 Å². The van der Waals surface area contributed by atoms with Crippen molar-refractivity contribution in [2.45, 2.75) is 25.8 Å². The van der Waals surface area contributed by atoms with E-state index in [4.69, 9.17) is 4.74 Å². The first-order valence-corrected chi connectivity index (χ1v) is 6.90. The summed E-state index contributed by atoms with van der Waals surface area (Å²) in [5.41, 5.74) is 2.22. The van der Waals surface area contributed by atoms with Crippen LogP contribution in [0.5, 0.6) is 0 Å². The Labute approximate surface area is 114 Å². The number of nitrogens with zero attached hydrogens (tertiary/aromatic N) is 1. The SMILES string of the molecule is CCOCCCNC1CC(=O)N(C)c2ccccc21. The van der Waals surface area contributed by atoms with Crippen LogP contribution in [0.15, 0.2) is 24.3 Å². The average Bonchev–Trinajstić information content (AvgIpc) is 2.44. The predicted octanol–water partition coefficient (Wildman–Crippen LogP) is 2.11. The third-order valence-corrected chi connectivity index (χ3v) is 3.49. The van der Waals surface area contributed by atoms with Crippen LogP contribution in [0.25, 0.3) is 0 Å². The molecule has 4 heteroatoms. The van der Waals surface area contributed by atoms with Crippen LogP contribution in [-0.4, -0.2) is 32.7 Å². The number of nitrogens with one attached hydrogen (secondary N) is 1. The first-order valence-electron chi connectivity index (χ1n) is 6.90. The van der Waals surface area contributed by atoms with Crippen LogP contribution in [-0.2, 0) is 9.53 Å². The molecule has 1 atom stereocenters. The lowest BCUT2D eigenvalue weighted by Crippen LogP contribution is -2.38. The van der Waals surface area contributed by atoms with Crippen molar-refractivity contribution in [1.29, 1.82) is 0 Å². The Bertz CT molecular complexity index is 434. The Morgan fingerprint density at radius 2 is 2.21 bits per heavy atom. The molecule has 0 bridgehead atoms. The van der Waals surface area contributed by atoms with E-state index in [1.165, 1.54) is 5.56 Å². The first kappa shape index (κ1) is 14.0. The molecule has 0 saturated heterocycles. The number of ether oxygens (including phenoxy) is 1. The lowest BCUT2D eigenvalue weighted by Gasteiger charge is -2.32. The van der Waals surface area contributed by atoms with Gasteiger partial charge in [0.1, 0.15) is 0 Å². The first-order chi connectivity index (χ1) is 9.24. The third-order valence-electron chi connectivity index (χ3n) is 3.49. The fraction of sp³-hybridized carbons (Fsp3) is 0.533. The maximum absolute atomic E-state index is 12.0. The van der Waals surface area contributed by atoms with E-state index in [2.05, 4.69) is 11.4 Å². The molecule has 4 nitrogen and oxygen atoms in total. The molecule has 1 N–H and O–H groups in total. The third kappa shape index (κ3) is 3.33. The number of benzene rings is 1. The highest BCUT2D eigenvalue weighted by Gasteiger charge is 2.28. The molecule has 2 rings (SSSR count). The van der Waals surface area contributed by atoms with E-state index in [1.54, 1.807) is 4.90 Å². The maximum atomic E-state index is 12.0. The van der Waals surface area contributed by atoms with Gasteiger partial charge in [0.25, 0.3) is 0 Å². The minimum atomic E-state index is 0.126. The second-order valence-electron chi connectivity index (χ2n) is 4.77. The van der Waals surface area contributed by atoms with Gasteiger partial charge >= 0.3 is 0 Å². The number of carbonyl (C=O) groups excluding carboxylic acids is 1. The van der Waals surface area contributed by atoms with E-state index < -0.39 is 0 Å². The van der Waals surface area contributed by atoms with Crippen molar-refractivity contribution < 1.29 is 9.53 Å². The van der Waals surface area contributed by atoms with Gasteiger partial charge < -0.3 is 15.0 Å². The number of anilines is 1. The van der Waals surface area contributed by atoms with E-state index in [9.17, 15) is 4.79 Å². The number of hydrogen-bond acceptors (Lipinski definition) is 3. The summed E-state index contributed by atoms with van der Waals surface area (Å²) in [4.78, 5) is 13.7. The van der Waals surface area contributed by atoms with Crippen molar-refractivity contribution in [2.75, 3.05) is 31.7 Å². The Morgan fingerprint density at radius 1 is 1.42 bits per heavy atom. The fourth-order valence-electron chi connectivity index (χ4n) is 2.42. The highest BCUT2D eigenvalue weighted by Crippen LogP contribution is 2.33. The molecular formula is C15H22N2O2. The minimum absolute atomic E-state index is 0.126. The Kier molecular flexibility index (Phi) is 4.93. The van der Waals surface area contributed by atoms with E-state index in [-0.39, 0.29) is 11.9 Å². The monoisotopic (exact) mass is 262 g/mol. The smallest absolute Gasteiger partial charge is 0.228 e. The molecule has 0 aromatic heterocycles. The molecule has 1 aliphatic rings. The molecule has 0 fully saturated rings. The molecule has 104 valence electrons. The van der Waals surface area contributed by atoms with Crippen molar-refractivity contribution in [3.8, 4) is 0 Å². The summed E-state index contributed by atoms with van der Waals surface area (Å²) >= 11 is 0. The Balaban J connectivity index is 1.98. The summed E-state index contributed by atoms with van der Waals surface area (Å²) in [6.45, 7) is 4.40. The molecule has 0 radical (unpaired) electrons. The topological polar surface area (TPSA) is 41.6 Å². The molecular weight excluding hydrogens is 240 g/mol. The van der Waals surface area contributed by atoms with Gasteiger partial charge in [-0.3, -0.25) is 4.79 Å². The van der Waals surface area contributed by atoms with Gasteiger partial charge in [0.2, 0.25) is 5.91 Å². The fourth-order valence-corrected chi connectivity index (χ4v) is 2.42. The molecule has 1 aliphatic heterocycles. The molecule has 0 spiro atoms. The van der Waals surface area contributed by atoms with Gasteiger partial charge in [0.15, 0.2) is 0 Å². The van der Waals surface area contributed by atoms with Crippen LogP contribution in [0.4, 0.5) is 5.69 Å². The highest BCUT2D eigenvalue weighted by atomic mass is 16.5. The number of amides is 1. The van der Waals surface area contributed by atoms with Crippen molar-refractivity contribution >= 4 is 11.6 Å². The summed E-state index contributed by atoms with van der Waals surface area (Å²) < 4.78 is 5.32. The van der Waals surface area contributed by atoms with E-state index in [0.717, 1.165) is 31.9 Å². The molecule has 19 heavy (non-hydrogen) atoms. The van der Waals surface area contributed by atoms with Gasteiger partial charge in [0.05, 0.1) is 0 Å². The zero-order chi connectivity index (χ0) is 13.7. The largest absolute Gasteiger partial charge is 0.382 e. The number of para-hydroxylation sites is 1. The average molecular weight is 262 g/mol. The van der Waals surface area contributed by atoms with Crippen molar-refractivity contribution in [2.24, 2.45) is 0 Å². The molecule has 1 heterocycles. The quantitative estimate of drug-likeness (QED) is 0.798. The standard InChI is InChI=1S/C15H22N2O2/c1-3-19-10-6-9-16-13-11-15(18)17(2)14-8-5-4-7-12(13)14/h4-5,7-8,13,16H,3,6,9-11H2,1-2H3. The minimum Gasteiger partial charge on any atom is -0.382 e. The Morgan fingerprint density at radius 3 is 3.00 bits per heavy atom. The van der Waals surface area contributed by atoms with Gasteiger partial charge in [-0.05, 0) is 31.5 Å². The van der Waals surface area contributed by atoms with Crippen LogP contribution in [0, 0.1) is 0 Å². The maximum Gasteiger partial charge on any atom is 0.228 e. The molecule has 1 aromatic carbocycles. The summed E-state index contributed by atoms with van der Waals surface area (Å²) in [5.74, 6) is 0.168. The van der Waals surface area contributed by atoms with E-state index in [0.29, 0.717) is 6.42 Å². The number of carbonyl (C=O) groups is 1. The predicted molar refractivity (Wildman–Crippen MR) is 76.3 cm³/mol. The molecule has 0 saturated carbocycles. The lowest BCUT2D eigenvalue weighted by atomic mass is 9.96. The van der Waals surface area contributed by atoms with Crippen LogP contribution < -0.4 is 10.2 Å². The summed E-state index contributed by atoms with van der Waals surface area (Å²) in [5, 5.41) is 3.46. The zero-order valence-electron chi connectivity index (χ0n) is 11.7. The van der Waals surface area contributed by atoms with Crippen LogP contribution in [0.1, 0.15) is 31.4 Å². The molecule has 1 aromatic rings. The molecule has 1 unspecified atom stereocenters. The van der Waals surface area contributed by atoms with E-state index in [1.807, 2.05) is 32.2 Å². The summed E-state index contributed by atoms with van der Waals surface area (Å²) in [7, 11) is 1.84. The van der Waals surface area contributed by atoms with Gasteiger partial charge in [-0.15, -0.1) is 0 Å². The van der Waals surface area contributed by atoms with Crippen molar-refractivity contribution in [1.82, 2.24) is 5.32 Å². The van der Waals surface area contributed by atoms with Crippen molar-refractivity contribution in [3.05, 3.63) is 29.8 Å².